The van der Waals surface area contributed by atoms with Gasteiger partial charge in [0.1, 0.15) is 28.6 Å². The third kappa shape index (κ3) is 4.23. The number of hydrogen-bond donors (Lipinski definition) is 1. The van der Waals surface area contributed by atoms with Crippen LogP contribution in [-0.2, 0) is 4.74 Å². The normalized spacial score (nSPS) is 14.6. The number of anilines is 2. The van der Waals surface area contributed by atoms with E-state index in [2.05, 4.69) is 10.3 Å². The number of pyridine rings is 2. The molecule has 8 heteroatoms. The minimum absolute atomic E-state index is 0.288. The molecule has 0 aliphatic carbocycles. The van der Waals surface area contributed by atoms with Crippen molar-refractivity contribution < 1.29 is 14.3 Å². The molecular weight excluding hydrogens is 382 g/mol. The number of carbonyl (C=O) groups excluding carboxylic acids is 1. The summed E-state index contributed by atoms with van der Waals surface area (Å²) in [5, 5.41) is 2.95. The monoisotopic (exact) mass is 409 g/mol. The summed E-state index contributed by atoms with van der Waals surface area (Å²) >= 11 is 0. The van der Waals surface area contributed by atoms with Crippen LogP contribution in [-0.4, -0.2) is 54.2 Å². The molecule has 3 aromatic rings. The number of rotatable bonds is 6. The first kappa shape index (κ1) is 20.2. The second-order valence-corrected chi connectivity index (χ2v) is 7.53. The fourth-order valence-corrected chi connectivity index (χ4v) is 3.58. The van der Waals surface area contributed by atoms with Crippen LogP contribution in [0.4, 0.5) is 11.5 Å². The smallest absolute Gasteiger partial charge is 0.274 e. The molecule has 1 N–H and O–H groups in total. The SMILES string of the molecule is CCOc1cc2nc(C3CCOCC3)cn2cc1NC(=O)c1cccc(N(C)C)n1. The van der Waals surface area contributed by atoms with Crippen molar-refractivity contribution in [3.8, 4) is 5.75 Å². The van der Waals surface area contributed by atoms with E-state index in [1.807, 2.05) is 60.9 Å². The summed E-state index contributed by atoms with van der Waals surface area (Å²) in [7, 11) is 3.78. The molecule has 4 rings (SSSR count). The highest BCUT2D eigenvalue weighted by Crippen LogP contribution is 2.30. The van der Waals surface area contributed by atoms with Gasteiger partial charge in [-0.3, -0.25) is 4.79 Å². The van der Waals surface area contributed by atoms with Crippen molar-refractivity contribution >= 4 is 23.1 Å². The van der Waals surface area contributed by atoms with Crippen molar-refractivity contribution in [3.05, 3.63) is 48.0 Å². The molecule has 1 amide bonds. The van der Waals surface area contributed by atoms with E-state index in [-0.39, 0.29) is 5.91 Å². The van der Waals surface area contributed by atoms with Gasteiger partial charge in [0, 0.05) is 51.7 Å². The molecule has 0 unspecified atom stereocenters. The van der Waals surface area contributed by atoms with Crippen LogP contribution in [0.3, 0.4) is 0 Å². The Bertz CT molecular complexity index is 1040. The van der Waals surface area contributed by atoms with Gasteiger partial charge in [0.15, 0.2) is 0 Å². The molecule has 1 aliphatic heterocycles. The summed E-state index contributed by atoms with van der Waals surface area (Å²) in [5.74, 6) is 1.42. The quantitative estimate of drug-likeness (QED) is 0.673. The molecule has 158 valence electrons. The van der Waals surface area contributed by atoms with Crippen molar-refractivity contribution in [2.24, 2.45) is 0 Å². The molecule has 0 aromatic carbocycles. The molecule has 0 saturated carbocycles. The molecule has 4 heterocycles. The van der Waals surface area contributed by atoms with Crippen molar-refractivity contribution in [2.75, 3.05) is 44.1 Å². The topological polar surface area (TPSA) is 81.0 Å². The molecule has 30 heavy (non-hydrogen) atoms. The van der Waals surface area contributed by atoms with E-state index in [9.17, 15) is 4.79 Å². The van der Waals surface area contributed by atoms with Crippen LogP contribution in [0.2, 0.25) is 0 Å². The van der Waals surface area contributed by atoms with Crippen LogP contribution in [0.25, 0.3) is 5.65 Å². The highest BCUT2D eigenvalue weighted by molar-refractivity contribution is 6.04. The molecule has 3 aromatic heterocycles. The predicted octanol–water partition coefficient (Wildman–Crippen LogP) is 3.34. The lowest BCUT2D eigenvalue weighted by Crippen LogP contribution is -2.17. The minimum Gasteiger partial charge on any atom is -0.491 e. The lowest BCUT2D eigenvalue weighted by molar-refractivity contribution is 0.0846. The summed E-state index contributed by atoms with van der Waals surface area (Å²) in [6, 6.07) is 7.24. The van der Waals surface area contributed by atoms with Gasteiger partial charge in [-0.15, -0.1) is 0 Å². The van der Waals surface area contributed by atoms with Crippen LogP contribution in [0.5, 0.6) is 5.75 Å². The fraction of sp³-hybridized carbons (Fsp3) is 0.409. The molecule has 0 atom stereocenters. The number of amides is 1. The Morgan fingerprint density at radius 2 is 2.07 bits per heavy atom. The highest BCUT2D eigenvalue weighted by atomic mass is 16.5. The maximum Gasteiger partial charge on any atom is 0.274 e. The van der Waals surface area contributed by atoms with E-state index >= 15 is 0 Å². The zero-order chi connectivity index (χ0) is 21.1. The van der Waals surface area contributed by atoms with Gasteiger partial charge in [0.2, 0.25) is 0 Å². The Kier molecular flexibility index (Phi) is 5.85. The van der Waals surface area contributed by atoms with Gasteiger partial charge in [-0.05, 0) is 31.9 Å². The standard InChI is InChI=1S/C22H27N5O3/c1-4-30-19-12-21-24-17(15-8-10-29-11-9-15)13-27(21)14-18(19)25-22(28)16-6-5-7-20(23-16)26(2)3/h5-7,12-15H,4,8-11H2,1-3H3,(H,25,28). The zero-order valence-electron chi connectivity index (χ0n) is 17.6. The predicted molar refractivity (Wildman–Crippen MR) is 116 cm³/mol. The number of hydrogen-bond acceptors (Lipinski definition) is 6. The number of carbonyl (C=O) groups is 1. The van der Waals surface area contributed by atoms with E-state index in [4.69, 9.17) is 14.5 Å². The largest absolute Gasteiger partial charge is 0.491 e. The van der Waals surface area contributed by atoms with Crippen LogP contribution < -0.4 is 15.0 Å². The first-order valence-corrected chi connectivity index (χ1v) is 10.2. The number of nitrogens with one attached hydrogen (secondary N) is 1. The van der Waals surface area contributed by atoms with Crippen LogP contribution in [0, 0.1) is 0 Å². The van der Waals surface area contributed by atoms with Gasteiger partial charge in [0.25, 0.3) is 5.91 Å². The molecule has 0 radical (unpaired) electrons. The van der Waals surface area contributed by atoms with Gasteiger partial charge >= 0.3 is 0 Å². The Labute approximate surface area is 175 Å². The van der Waals surface area contributed by atoms with Crippen molar-refractivity contribution in [2.45, 2.75) is 25.7 Å². The Hall–Kier alpha value is -3.13. The fourth-order valence-electron chi connectivity index (χ4n) is 3.58. The molecular formula is C22H27N5O3. The van der Waals surface area contributed by atoms with Crippen LogP contribution in [0.15, 0.2) is 36.7 Å². The van der Waals surface area contributed by atoms with Gasteiger partial charge in [-0.25, -0.2) is 9.97 Å². The maximum atomic E-state index is 12.8. The van der Waals surface area contributed by atoms with Crippen molar-refractivity contribution in [1.82, 2.24) is 14.4 Å². The maximum absolute atomic E-state index is 12.8. The van der Waals surface area contributed by atoms with E-state index < -0.39 is 0 Å². The second-order valence-electron chi connectivity index (χ2n) is 7.53. The average molecular weight is 409 g/mol. The number of nitrogens with zero attached hydrogens (tertiary/aromatic N) is 4. The van der Waals surface area contributed by atoms with Crippen LogP contribution in [0.1, 0.15) is 41.9 Å². The molecule has 1 saturated heterocycles. The van der Waals surface area contributed by atoms with Crippen molar-refractivity contribution in [1.29, 1.82) is 0 Å². The number of ether oxygens (including phenoxy) is 2. The lowest BCUT2D eigenvalue weighted by Gasteiger charge is -2.19. The van der Waals surface area contributed by atoms with Gasteiger partial charge in [-0.1, -0.05) is 6.07 Å². The first-order valence-electron chi connectivity index (χ1n) is 10.2. The summed E-state index contributed by atoms with van der Waals surface area (Å²) in [5.41, 5.74) is 2.77. The minimum atomic E-state index is -0.288. The van der Waals surface area contributed by atoms with Gasteiger partial charge in [-0.2, -0.15) is 0 Å². The molecule has 0 spiro atoms. The number of fused-ring (bicyclic) bond motifs is 1. The summed E-state index contributed by atoms with van der Waals surface area (Å²) in [4.78, 5) is 23.9. The summed E-state index contributed by atoms with van der Waals surface area (Å²) in [6.45, 7) is 3.93. The lowest BCUT2D eigenvalue weighted by atomic mass is 9.97. The Morgan fingerprint density at radius 3 is 2.80 bits per heavy atom. The van der Waals surface area contributed by atoms with Gasteiger partial charge < -0.3 is 24.1 Å². The number of imidazole rings is 1. The average Bonchev–Trinajstić information content (AvgIpc) is 3.17. The third-order valence-corrected chi connectivity index (χ3v) is 5.19. The first-order chi connectivity index (χ1) is 14.5. The van der Waals surface area contributed by atoms with E-state index in [0.717, 1.165) is 43.2 Å². The van der Waals surface area contributed by atoms with E-state index in [1.54, 1.807) is 6.07 Å². The van der Waals surface area contributed by atoms with E-state index in [1.165, 1.54) is 0 Å². The summed E-state index contributed by atoms with van der Waals surface area (Å²) in [6.07, 6.45) is 5.82. The number of aromatic nitrogens is 3. The molecule has 8 nitrogen and oxygen atoms in total. The van der Waals surface area contributed by atoms with Crippen LogP contribution >= 0.6 is 0 Å². The third-order valence-electron chi connectivity index (χ3n) is 5.19. The van der Waals surface area contributed by atoms with E-state index in [0.29, 0.717) is 29.7 Å². The van der Waals surface area contributed by atoms with Crippen molar-refractivity contribution in [3.63, 3.8) is 0 Å². The Balaban J connectivity index is 1.64. The molecule has 1 fully saturated rings. The Morgan fingerprint density at radius 1 is 1.27 bits per heavy atom. The molecule has 0 bridgehead atoms. The molecule has 1 aliphatic rings. The second kappa shape index (κ2) is 8.71. The van der Waals surface area contributed by atoms with Gasteiger partial charge in [0.05, 0.1) is 12.3 Å². The highest BCUT2D eigenvalue weighted by Gasteiger charge is 2.20. The zero-order valence-corrected chi connectivity index (χ0v) is 17.6. The summed E-state index contributed by atoms with van der Waals surface area (Å²) < 4.78 is 13.2.